The van der Waals surface area contributed by atoms with Crippen LogP contribution in [0.15, 0.2) is 46.9 Å². The van der Waals surface area contributed by atoms with Gasteiger partial charge in [-0.25, -0.2) is 0 Å². The predicted octanol–water partition coefficient (Wildman–Crippen LogP) is 4.54. The highest BCUT2D eigenvalue weighted by molar-refractivity contribution is 9.10. The van der Waals surface area contributed by atoms with Gasteiger partial charge in [0.2, 0.25) is 0 Å². The van der Waals surface area contributed by atoms with Crippen molar-refractivity contribution in [1.82, 2.24) is 0 Å². The number of hydrogen-bond donors (Lipinski definition) is 1. The van der Waals surface area contributed by atoms with E-state index in [0.717, 1.165) is 17.7 Å². The number of amides is 1. The lowest BCUT2D eigenvalue weighted by Gasteiger charge is -2.11. The summed E-state index contributed by atoms with van der Waals surface area (Å²) in [4.78, 5) is 12.4. The van der Waals surface area contributed by atoms with Gasteiger partial charge >= 0.3 is 0 Å². The number of methoxy groups -OCH3 is 1. The van der Waals surface area contributed by atoms with Gasteiger partial charge in [0.05, 0.1) is 12.2 Å². The highest BCUT2D eigenvalue weighted by Crippen LogP contribution is 2.23. The second-order valence-corrected chi connectivity index (χ2v) is 5.77. The van der Waals surface area contributed by atoms with Gasteiger partial charge in [-0.1, -0.05) is 29.8 Å². The minimum Gasteiger partial charge on any atom is -0.384 e. The molecule has 0 saturated carbocycles. The Labute approximate surface area is 137 Å². The summed E-state index contributed by atoms with van der Waals surface area (Å²) >= 11 is 9.24. The molecule has 1 N–H and O–H groups in total. The molecule has 0 aliphatic heterocycles. The van der Waals surface area contributed by atoms with Crippen LogP contribution in [0.1, 0.15) is 15.9 Å². The minimum atomic E-state index is -0.177. The smallest absolute Gasteiger partial charge is 0.256 e. The van der Waals surface area contributed by atoms with E-state index in [0.29, 0.717) is 21.7 Å². The molecule has 0 radical (unpaired) electrons. The third-order valence-electron chi connectivity index (χ3n) is 3.02. The van der Waals surface area contributed by atoms with Gasteiger partial charge < -0.3 is 10.1 Å². The highest BCUT2D eigenvalue weighted by Gasteiger charge is 2.12. The zero-order valence-electron chi connectivity index (χ0n) is 11.5. The fourth-order valence-corrected chi connectivity index (χ4v) is 2.80. The summed E-state index contributed by atoms with van der Waals surface area (Å²) in [6.07, 6.45) is 0.745. The zero-order chi connectivity index (χ0) is 15.2. The molecule has 0 spiro atoms. The van der Waals surface area contributed by atoms with E-state index in [-0.39, 0.29) is 5.91 Å². The van der Waals surface area contributed by atoms with Gasteiger partial charge in [-0.2, -0.15) is 0 Å². The molecular weight excluding hydrogens is 354 g/mol. The van der Waals surface area contributed by atoms with E-state index in [1.54, 1.807) is 25.3 Å². The quantitative estimate of drug-likeness (QED) is 0.841. The molecular formula is C16H15BrClNO2. The van der Waals surface area contributed by atoms with E-state index in [1.807, 2.05) is 24.3 Å². The molecule has 110 valence electrons. The van der Waals surface area contributed by atoms with E-state index in [4.69, 9.17) is 16.3 Å². The van der Waals surface area contributed by atoms with Gasteiger partial charge in [-0.3, -0.25) is 4.79 Å². The third kappa shape index (κ3) is 4.30. The average Bonchev–Trinajstić information content (AvgIpc) is 2.46. The lowest BCUT2D eigenvalue weighted by molar-refractivity contribution is 0.102. The molecule has 0 aliphatic carbocycles. The van der Waals surface area contributed by atoms with Crippen molar-refractivity contribution in [2.75, 3.05) is 19.0 Å². The molecule has 2 aromatic carbocycles. The van der Waals surface area contributed by atoms with Crippen LogP contribution in [-0.2, 0) is 11.2 Å². The van der Waals surface area contributed by atoms with Crippen molar-refractivity contribution >= 4 is 39.1 Å². The van der Waals surface area contributed by atoms with Crippen LogP contribution in [0.5, 0.6) is 0 Å². The summed E-state index contributed by atoms with van der Waals surface area (Å²) in [5.74, 6) is -0.177. The second-order valence-electron chi connectivity index (χ2n) is 4.48. The van der Waals surface area contributed by atoms with E-state index in [9.17, 15) is 4.79 Å². The van der Waals surface area contributed by atoms with Crippen molar-refractivity contribution in [2.45, 2.75) is 6.42 Å². The number of carbonyl (C=O) groups is 1. The van der Waals surface area contributed by atoms with Crippen LogP contribution in [0, 0.1) is 0 Å². The van der Waals surface area contributed by atoms with Gasteiger partial charge in [-0.15, -0.1) is 0 Å². The first kappa shape index (κ1) is 16.0. The molecule has 3 nitrogen and oxygen atoms in total. The van der Waals surface area contributed by atoms with Crippen molar-refractivity contribution in [2.24, 2.45) is 0 Å². The Bertz CT molecular complexity index is 646. The van der Waals surface area contributed by atoms with Gasteiger partial charge in [0, 0.05) is 22.3 Å². The predicted molar refractivity (Wildman–Crippen MR) is 89.1 cm³/mol. The lowest BCUT2D eigenvalue weighted by Crippen LogP contribution is -2.14. The van der Waals surface area contributed by atoms with E-state index < -0.39 is 0 Å². The maximum absolute atomic E-state index is 12.4. The summed E-state index contributed by atoms with van der Waals surface area (Å²) in [5, 5.41) is 3.51. The number of ether oxygens (including phenoxy) is 1. The summed E-state index contributed by atoms with van der Waals surface area (Å²) in [6.45, 7) is 0.609. The molecule has 0 heterocycles. The van der Waals surface area contributed by atoms with Crippen LogP contribution in [-0.4, -0.2) is 19.6 Å². The monoisotopic (exact) mass is 367 g/mol. The van der Waals surface area contributed by atoms with Crippen molar-refractivity contribution in [3.63, 3.8) is 0 Å². The van der Waals surface area contributed by atoms with E-state index in [1.165, 1.54) is 0 Å². The molecule has 1 amide bonds. The normalized spacial score (nSPS) is 10.4. The summed E-state index contributed by atoms with van der Waals surface area (Å²) in [7, 11) is 1.66. The van der Waals surface area contributed by atoms with Crippen LogP contribution in [0.3, 0.4) is 0 Å². The van der Waals surface area contributed by atoms with E-state index in [2.05, 4.69) is 21.2 Å². The first-order valence-electron chi connectivity index (χ1n) is 6.45. The Morgan fingerprint density at radius 1 is 1.29 bits per heavy atom. The highest BCUT2D eigenvalue weighted by atomic mass is 79.9. The fourth-order valence-electron chi connectivity index (χ4n) is 1.94. The molecule has 5 heteroatoms. The molecule has 0 fully saturated rings. The van der Waals surface area contributed by atoms with Crippen molar-refractivity contribution in [3.8, 4) is 0 Å². The number of nitrogens with one attached hydrogen (secondary N) is 1. The first-order valence-corrected chi connectivity index (χ1v) is 7.62. The third-order valence-corrected chi connectivity index (χ3v) is 3.91. The molecule has 2 rings (SSSR count). The standard InChI is InChI=1S/C16H15BrClNO2/c1-21-9-8-11-4-2-3-5-15(11)19-16(20)13-7-6-12(18)10-14(13)17/h2-7,10H,8-9H2,1H3,(H,19,20). The fraction of sp³-hybridized carbons (Fsp3) is 0.188. The number of benzene rings is 2. The molecule has 0 aliphatic rings. The Kier molecular flexibility index (Phi) is 5.79. The number of hydrogen-bond acceptors (Lipinski definition) is 2. The Balaban J connectivity index is 2.19. The van der Waals surface area contributed by atoms with E-state index >= 15 is 0 Å². The van der Waals surface area contributed by atoms with Crippen molar-refractivity contribution < 1.29 is 9.53 Å². The summed E-state index contributed by atoms with van der Waals surface area (Å²) in [6, 6.07) is 12.8. The number of para-hydroxylation sites is 1. The Morgan fingerprint density at radius 2 is 2.05 bits per heavy atom. The second kappa shape index (κ2) is 7.59. The maximum atomic E-state index is 12.4. The van der Waals surface area contributed by atoms with Gasteiger partial charge in [0.1, 0.15) is 0 Å². The minimum absolute atomic E-state index is 0.177. The largest absolute Gasteiger partial charge is 0.384 e. The van der Waals surface area contributed by atoms with Gasteiger partial charge in [0.15, 0.2) is 0 Å². The van der Waals surface area contributed by atoms with Crippen LogP contribution in [0.25, 0.3) is 0 Å². The Morgan fingerprint density at radius 3 is 2.76 bits per heavy atom. The van der Waals surface area contributed by atoms with Crippen LogP contribution in [0.2, 0.25) is 5.02 Å². The zero-order valence-corrected chi connectivity index (χ0v) is 13.9. The first-order chi connectivity index (χ1) is 10.1. The molecule has 0 aromatic heterocycles. The van der Waals surface area contributed by atoms with Gasteiger partial charge in [0.25, 0.3) is 5.91 Å². The molecule has 2 aromatic rings. The van der Waals surface area contributed by atoms with Crippen molar-refractivity contribution in [1.29, 1.82) is 0 Å². The molecule has 0 bridgehead atoms. The lowest BCUT2D eigenvalue weighted by atomic mass is 10.1. The number of halogens is 2. The van der Waals surface area contributed by atoms with Crippen LogP contribution in [0.4, 0.5) is 5.69 Å². The molecule has 0 saturated heterocycles. The molecule has 21 heavy (non-hydrogen) atoms. The maximum Gasteiger partial charge on any atom is 0.256 e. The topological polar surface area (TPSA) is 38.3 Å². The molecule has 0 unspecified atom stereocenters. The number of rotatable bonds is 5. The number of anilines is 1. The average molecular weight is 369 g/mol. The van der Waals surface area contributed by atoms with Crippen LogP contribution < -0.4 is 5.32 Å². The Hall–Kier alpha value is -1.36. The van der Waals surface area contributed by atoms with Crippen LogP contribution >= 0.6 is 27.5 Å². The SMILES string of the molecule is COCCc1ccccc1NC(=O)c1ccc(Cl)cc1Br. The molecule has 0 atom stereocenters. The summed E-state index contributed by atoms with van der Waals surface area (Å²) in [5.41, 5.74) is 2.38. The van der Waals surface area contributed by atoms with Gasteiger partial charge in [-0.05, 0) is 52.2 Å². The number of carbonyl (C=O) groups excluding carboxylic acids is 1. The van der Waals surface area contributed by atoms with Crippen molar-refractivity contribution in [3.05, 3.63) is 63.1 Å². The summed E-state index contributed by atoms with van der Waals surface area (Å²) < 4.78 is 5.76.